The molecule has 4 N–H and O–H groups in total. The smallest absolute Gasteiger partial charge is 0.189 e. The number of halogens is 1. The molecule has 0 spiro atoms. The lowest BCUT2D eigenvalue weighted by Crippen LogP contribution is -2.08. The van der Waals surface area contributed by atoms with Crippen molar-refractivity contribution < 1.29 is 14.6 Å². The van der Waals surface area contributed by atoms with Gasteiger partial charge in [0.25, 0.3) is 0 Å². The number of rotatable bonds is 7. The molecule has 0 bridgehead atoms. The first-order valence-corrected chi connectivity index (χ1v) is 11.8. The van der Waals surface area contributed by atoms with Gasteiger partial charge in [0.15, 0.2) is 10.9 Å². The maximum absolute atomic E-state index is 10.7. The fourth-order valence-electron chi connectivity index (χ4n) is 3.15. The number of phenols is 1. The van der Waals surface area contributed by atoms with Crippen molar-refractivity contribution in [3.8, 4) is 38.4 Å². The highest BCUT2D eigenvalue weighted by Gasteiger charge is 2.23. The van der Waals surface area contributed by atoms with Gasteiger partial charge in [-0.25, -0.2) is 9.97 Å². The molecule has 33 heavy (non-hydrogen) atoms. The third-order valence-corrected chi connectivity index (χ3v) is 7.20. The van der Waals surface area contributed by atoms with Crippen molar-refractivity contribution in [2.75, 3.05) is 44.3 Å². The number of aromatic hydroxyl groups is 1. The monoisotopic (exact) mass is 503 g/mol. The standard InChI is InChI=1S/C22H22ClN5O3S2/c1-28(2)12-7-5-11(6-8-12)25-22-27-20(24)19(33-22)21-26-13(10-32-21)16-14(30-3)9-15(31-4)17(23)18(16)29/h5-10,29H,24H2,1-4H3,(H,25,27). The van der Waals surface area contributed by atoms with E-state index in [1.807, 2.05) is 48.6 Å². The van der Waals surface area contributed by atoms with Crippen LogP contribution in [0.3, 0.4) is 0 Å². The largest absolute Gasteiger partial charge is 0.505 e. The van der Waals surface area contributed by atoms with E-state index < -0.39 is 0 Å². The Morgan fingerprint density at radius 3 is 2.42 bits per heavy atom. The second-order valence-electron chi connectivity index (χ2n) is 7.16. The first-order valence-electron chi connectivity index (χ1n) is 9.72. The first kappa shape index (κ1) is 23.0. The summed E-state index contributed by atoms with van der Waals surface area (Å²) in [6.07, 6.45) is 0. The number of benzene rings is 2. The van der Waals surface area contributed by atoms with Gasteiger partial charge in [0.1, 0.15) is 32.2 Å². The second-order valence-corrected chi connectivity index (χ2v) is 9.39. The number of anilines is 4. The van der Waals surface area contributed by atoms with Crippen LogP contribution < -0.4 is 25.4 Å². The van der Waals surface area contributed by atoms with Crippen LogP contribution in [0.5, 0.6) is 17.2 Å². The molecule has 0 saturated carbocycles. The normalized spacial score (nSPS) is 10.8. The van der Waals surface area contributed by atoms with E-state index in [0.717, 1.165) is 16.3 Å². The molecule has 11 heteroatoms. The number of nitrogens with two attached hydrogens (primary N) is 1. The van der Waals surface area contributed by atoms with Crippen LogP contribution in [0.25, 0.3) is 21.1 Å². The number of ether oxygens (including phenoxy) is 2. The molecule has 0 saturated heterocycles. The molecule has 172 valence electrons. The molecule has 0 aliphatic heterocycles. The lowest BCUT2D eigenvalue weighted by Gasteiger charge is -2.13. The van der Waals surface area contributed by atoms with Crippen molar-refractivity contribution in [1.82, 2.24) is 9.97 Å². The zero-order chi connectivity index (χ0) is 23.7. The topological polar surface area (TPSA) is 106 Å². The number of nitrogen functional groups attached to an aromatic ring is 1. The number of thiazole rings is 2. The summed E-state index contributed by atoms with van der Waals surface area (Å²) in [5.41, 5.74) is 9.10. The highest BCUT2D eigenvalue weighted by atomic mass is 35.5. The summed E-state index contributed by atoms with van der Waals surface area (Å²) < 4.78 is 10.6. The molecule has 0 radical (unpaired) electrons. The number of methoxy groups -OCH3 is 2. The minimum Gasteiger partial charge on any atom is -0.505 e. The summed E-state index contributed by atoms with van der Waals surface area (Å²) in [7, 11) is 6.96. The SMILES string of the molecule is COc1cc(OC)c(-c2csc(-c3sc(Nc4ccc(N(C)C)cc4)nc3N)n2)c(O)c1Cl. The maximum Gasteiger partial charge on any atom is 0.189 e. The van der Waals surface area contributed by atoms with Gasteiger partial charge < -0.3 is 30.5 Å². The van der Waals surface area contributed by atoms with Crippen molar-refractivity contribution in [3.05, 3.63) is 40.7 Å². The Bertz CT molecular complexity index is 1290. The van der Waals surface area contributed by atoms with Crippen LogP contribution >= 0.6 is 34.3 Å². The van der Waals surface area contributed by atoms with Gasteiger partial charge in [-0.15, -0.1) is 11.3 Å². The minimum atomic E-state index is -0.162. The predicted octanol–water partition coefficient (Wildman–Crippen LogP) is 5.70. The van der Waals surface area contributed by atoms with Crippen molar-refractivity contribution in [1.29, 1.82) is 0 Å². The van der Waals surface area contributed by atoms with Gasteiger partial charge in [-0.3, -0.25) is 0 Å². The molecule has 0 amide bonds. The zero-order valence-corrected chi connectivity index (χ0v) is 20.7. The Kier molecular flexibility index (Phi) is 6.50. The molecule has 2 heterocycles. The Hall–Kier alpha value is -3.21. The van der Waals surface area contributed by atoms with E-state index in [1.165, 1.54) is 36.9 Å². The van der Waals surface area contributed by atoms with Crippen molar-refractivity contribution in [3.63, 3.8) is 0 Å². The molecule has 0 unspecified atom stereocenters. The van der Waals surface area contributed by atoms with Gasteiger partial charge in [-0.1, -0.05) is 22.9 Å². The Morgan fingerprint density at radius 1 is 1.09 bits per heavy atom. The van der Waals surface area contributed by atoms with Crippen LogP contribution in [0, 0.1) is 0 Å². The van der Waals surface area contributed by atoms with E-state index in [2.05, 4.69) is 15.3 Å². The maximum atomic E-state index is 10.7. The molecule has 0 aliphatic carbocycles. The number of phenolic OH excluding ortho intramolecular Hbond substituents is 1. The number of nitrogens with zero attached hydrogens (tertiary/aromatic N) is 3. The van der Waals surface area contributed by atoms with Crippen LogP contribution in [-0.2, 0) is 0 Å². The second kappa shape index (κ2) is 9.34. The van der Waals surface area contributed by atoms with E-state index in [-0.39, 0.29) is 10.8 Å². The lowest BCUT2D eigenvalue weighted by molar-refractivity contribution is 0.387. The van der Waals surface area contributed by atoms with Gasteiger partial charge in [0.2, 0.25) is 0 Å². The molecule has 0 fully saturated rings. The van der Waals surface area contributed by atoms with Gasteiger partial charge in [0, 0.05) is 36.9 Å². The fraction of sp³-hybridized carbons (Fsp3) is 0.182. The van der Waals surface area contributed by atoms with E-state index in [0.29, 0.717) is 38.7 Å². The zero-order valence-electron chi connectivity index (χ0n) is 18.3. The van der Waals surface area contributed by atoms with E-state index >= 15 is 0 Å². The predicted molar refractivity (Wildman–Crippen MR) is 137 cm³/mol. The van der Waals surface area contributed by atoms with Crippen molar-refractivity contribution in [2.24, 2.45) is 0 Å². The highest BCUT2D eigenvalue weighted by Crippen LogP contribution is 2.48. The molecular weight excluding hydrogens is 482 g/mol. The molecular formula is C22H22ClN5O3S2. The molecule has 0 atom stereocenters. The van der Waals surface area contributed by atoms with Crippen LogP contribution in [0.2, 0.25) is 5.02 Å². The third-order valence-electron chi connectivity index (χ3n) is 4.85. The Balaban J connectivity index is 1.64. The van der Waals surface area contributed by atoms with Crippen LogP contribution in [0.15, 0.2) is 35.7 Å². The summed E-state index contributed by atoms with van der Waals surface area (Å²) >= 11 is 9.03. The van der Waals surface area contributed by atoms with E-state index in [1.54, 1.807) is 6.07 Å². The summed E-state index contributed by atoms with van der Waals surface area (Å²) in [4.78, 5) is 11.9. The average Bonchev–Trinajstić information content (AvgIpc) is 3.42. The van der Waals surface area contributed by atoms with Crippen LogP contribution in [-0.4, -0.2) is 43.4 Å². The first-order chi connectivity index (χ1) is 15.8. The van der Waals surface area contributed by atoms with Gasteiger partial charge >= 0.3 is 0 Å². The van der Waals surface area contributed by atoms with Gasteiger partial charge in [-0.2, -0.15) is 0 Å². The Morgan fingerprint density at radius 2 is 1.79 bits per heavy atom. The summed E-state index contributed by atoms with van der Waals surface area (Å²) in [6.45, 7) is 0. The van der Waals surface area contributed by atoms with Crippen molar-refractivity contribution in [2.45, 2.75) is 0 Å². The molecule has 0 aliphatic rings. The number of hydrogen-bond donors (Lipinski definition) is 3. The van der Waals surface area contributed by atoms with Crippen LogP contribution in [0.4, 0.5) is 22.3 Å². The highest BCUT2D eigenvalue weighted by molar-refractivity contribution is 7.23. The van der Waals surface area contributed by atoms with Crippen LogP contribution in [0.1, 0.15) is 0 Å². The average molecular weight is 504 g/mol. The number of hydrogen-bond acceptors (Lipinski definition) is 10. The number of aromatic nitrogens is 2. The van der Waals surface area contributed by atoms with E-state index in [9.17, 15) is 5.11 Å². The Labute approximate surface area is 204 Å². The van der Waals surface area contributed by atoms with Crippen molar-refractivity contribution >= 4 is 56.6 Å². The molecule has 4 rings (SSSR count). The van der Waals surface area contributed by atoms with E-state index in [4.69, 9.17) is 26.8 Å². The minimum absolute atomic E-state index is 0.0897. The molecule has 2 aromatic heterocycles. The quantitative estimate of drug-likeness (QED) is 0.295. The lowest BCUT2D eigenvalue weighted by atomic mass is 10.1. The van der Waals surface area contributed by atoms with Gasteiger partial charge in [0.05, 0.1) is 25.5 Å². The summed E-state index contributed by atoms with van der Waals surface area (Å²) in [6, 6.07) is 9.62. The number of nitrogens with one attached hydrogen (secondary N) is 1. The van der Waals surface area contributed by atoms with Gasteiger partial charge in [-0.05, 0) is 24.3 Å². The molecule has 4 aromatic rings. The molecule has 8 nitrogen and oxygen atoms in total. The summed E-state index contributed by atoms with van der Waals surface area (Å²) in [5.74, 6) is 0.917. The molecule has 2 aromatic carbocycles. The third kappa shape index (κ3) is 4.50. The fourth-order valence-corrected chi connectivity index (χ4v) is 5.19. The summed E-state index contributed by atoms with van der Waals surface area (Å²) in [5, 5.41) is 17.2.